The van der Waals surface area contributed by atoms with E-state index in [1.807, 2.05) is 0 Å². The first kappa shape index (κ1) is 12.5. The lowest BCUT2D eigenvalue weighted by Gasteiger charge is -2.27. The molecule has 3 nitrogen and oxygen atoms in total. The lowest BCUT2D eigenvalue weighted by Crippen LogP contribution is -2.31. The summed E-state index contributed by atoms with van der Waals surface area (Å²) in [6.45, 7) is 0.947. The van der Waals surface area contributed by atoms with Gasteiger partial charge in [-0.15, -0.1) is 0 Å². The largest absolute Gasteiger partial charge is 0.396 e. The van der Waals surface area contributed by atoms with E-state index in [0.717, 1.165) is 25.7 Å². The fourth-order valence-electron chi connectivity index (χ4n) is 2.08. The fourth-order valence-corrected chi connectivity index (χ4v) is 2.26. The van der Waals surface area contributed by atoms with Crippen LogP contribution in [0, 0.1) is 22.6 Å². The molecule has 2 N–H and O–H groups in total. The third-order valence-corrected chi connectivity index (χ3v) is 3.06. The Labute approximate surface area is 98.8 Å². The minimum absolute atomic E-state index is 0.238. The highest BCUT2D eigenvalue weighted by Gasteiger charge is 2.21. The second-order valence-electron chi connectivity index (χ2n) is 4.01. The Morgan fingerprint density at radius 2 is 2.20 bits per heavy atom. The fraction of sp³-hybridized carbons (Fsp3) is 0.727. The summed E-state index contributed by atoms with van der Waals surface area (Å²) in [6.07, 6.45) is 4.41. The summed E-state index contributed by atoms with van der Waals surface area (Å²) in [6, 6.07) is 0. The van der Waals surface area contributed by atoms with E-state index in [9.17, 15) is 4.79 Å². The van der Waals surface area contributed by atoms with Gasteiger partial charge in [0, 0.05) is 35.0 Å². The van der Waals surface area contributed by atoms with Crippen molar-refractivity contribution in [1.29, 1.82) is 0 Å². The first-order valence-corrected chi connectivity index (χ1v) is 6.06. The standard InChI is InChI=1S/C11H16BrNO2/c12-5-4-11(15)13-7-9-2-1-3-10(6-9)8-14/h9-10,14H,1-3,6-8H2,(H,13,15). The van der Waals surface area contributed by atoms with Crippen molar-refractivity contribution in [2.24, 2.45) is 11.8 Å². The predicted octanol–water partition coefficient (Wildman–Crippen LogP) is 1.26. The van der Waals surface area contributed by atoms with Crippen LogP contribution in [0.3, 0.4) is 0 Å². The molecule has 0 bridgehead atoms. The molecule has 2 atom stereocenters. The summed E-state index contributed by atoms with van der Waals surface area (Å²) in [7, 11) is 0. The maximum absolute atomic E-state index is 11.1. The second-order valence-corrected chi connectivity index (χ2v) is 4.41. The zero-order chi connectivity index (χ0) is 11.1. The molecule has 1 rings (SSSR count). The molecule has 0 heterocycles. The van der Waals surface area contributed by atoms with Crippen molar-refractivity contribution in [3.05, 3.63) is 0 Å². The van der Waals surface area contributed by atoms with Gasteiger partial charge in [-0.25, -0.2) is 0 Å². The number of amides is 1. The number of aliphatic hydroxyl groups is 1. The quantitative estimate of drug-likeness (QED) is 0.761. The van der Waals surface area contributed by atoms with Crippen molar-refractivity contribution < 1.29 is 9.90 Å². The molecule has 84 valence electrons. The lowest BCUT2D eigenvalue weighted by molar-refractivity contribution is -0.115. The molecule has 0 radical (unpaired) electrons. The van der Waals surface area contributed by atoms with Crippen molar-refractivity contribution >= 4 is 21.8 Å². The number of aliphatic hydroxyl groups excluding tert-OH is 1. The molecule has 2 unspecified atom stereocenters. The molecule has 15 heavy (non-hydrogen) atoms. The van der Waals surface area contributed by atoms with Crippen molar-refractivity contribution in [1.82, 2.24) is 5.32 Å². The second kappa shape index (κ2) is 6.86. The van der Waals surface area contributed by atoms with Crippen LogP contribution >= 0.6 is 15.9 Å². The van der Waals surface area contributed by atoms with Crippen LogP contribution in [0.1, 0.15) is 25.7 Å². The molecule has 0 spiro atoms. The van der Waals surface area contributed by atoms with E-state index in [4.69, 9.17) is 5.11 Å². The molecule has 0 aromatic rings. The van der Waals surface area contributed by atoms with Crippen LogP contribution in [0.15, 0.2) is 0 Å². The third kappa shape index (κ3) is 4.67. The third-order valence-electron chi connectivity index (χ3n) is 2.86. The SMILES string of the molecule is O=C(C#CBr)NCC1CCCC(CO)C1. The van der Waals surface area contributed by atoms with E-state index >= 15 is 0 Å². The monoisotopic (exact) mass is 273 g/mol. The summed E-state index contributed by atoms with van der Waals surface area (Å²) in [5, 5.41) is 11.8. The van der Waals surface area contributed by atoms with Gasteiger partial charge in [0.1, 0.15) is 0 Å². The summed E-state index contributed by atoms with van der Waals surface area (Å²) >= 11 is 2.88. The zero-order valence-electron chi connectivity index (χ0n) is 8.63. The average molecular weight is 274 g/mol. The highest BCUT2D eigenvalue weighted by atomic mass is 79.9. The number of hydrogen-bond donors (Lipinski definition) is 2. The molecule has 1 amide bonds. The van der Waals surface area contributed by atoms with Crippen LogP contribution < -0.4 is 5.32 Å². The Kier molecular flexibility index (Phi) is 5.74. The number of halogens is 1. The van der Waals surface area contributed by atoms with Gasteiger partial charge in [-0.3, -0.25) is 4.79 Å². The van der Waals surface area contributed by atoms with Crippen molar-refractivity contribution in [3.63, 3.8) is 0 Å². The maximum Gasteiger partial charge on any atom is 0.296 e. The highest BCUT2D eigenvalue weighted by Crippen LogP contribution is 2.27. The molecular formula is C11H16BrNO2. The van der Waals surface area contributed by atoms with E-state index < -0.39 is 0 Å². The van der Waals surface area contributed by atoms with Crippen molar-refractivity contribution in [3.8, 4) is 10.8 Å². The van der Waals surface area contributed by atoms with Gasteiger partial charge in [0.2, 0.25) is 0 Å². The van der Waals surface area contributed by atoms with Crippen LogP contribution in [0.5, 0.6) is 0 Å². The van der Waals surface area contributed by atoms with Crippen LogP contribution in [0.2, 0.25) is 0 Å². The van der Waals surface area contributed by atoms with E-state index in [-0.39, 0.29) is 12.5 Å². The van der Waals surface area contributed by atoms with E-state index in [1.165, 1.54) is 0 Å². The first-order valence-electron chi connectivity index (χ1n) is 5.26. The van der Waals surface area contributed by atoms with Crippen LogP contribution in [0.4, 0.5) is 0 Å². The molecule has 4 heteroatoms. The Bertz CT molecular complexity index is 269. The Morgan fingerprint density at radius 1 is 1.47 bits per heavy atom. The minimum Gasteiger partial charge on any atom is -0.396 e. The Hall–Kier alpha value is -0.530. The predicted molar refractivity (Wildman–Crippen MR) is 62.2 cm³/mol. The molecule has 0 aromatic heterocycles. The normalized spacial score (nSPS) is 25.2. The Morgan fingerprint density at radius 3 is 2.87 bits per heavy atom. The summed E-state index contributed by atoms with van der Waals surface area (Å²) < 4.78 is 0. The molecule has 0 aliphatic heterocycles. The van der Waals surface area contributed by atoms with Crippen LogP contribution in [-0.4, -0.2) is 24.2 Å². The topological polar surface area (TPSA) is 49.3 Å². The molecule has 1 fully saturated rings. The van der Waals surface area contributed by atoms with Gasteiger partial charge < -0.3 is 10.4 Å². The summed E-state index contributed by atoms with van der Waals surface area (Å²) in [5.41, 5.74) is 0. The molecular weight excluding hydrogens is 258 g/mol. The summed E-state index contributed by atoms with van der Waals surface area (Å²) in [4.78, 5) is 13.5. The zero-order valence-corrected chi connectivity index (χ0v) is 10.2. The molecule has 1 aliphatic carbocycles. The maximum atomic E-state index is 11.1. The van der Waals surface area contributed by atoms with Crippen molar-refractivity contribution in [2.75, 3.05) is 13.2 Å². The highest BCUT2D eigenvalue weighted by molar-refractivity contribution is 9.12. The molecule has 0 saturated heterocycles. The number of hydrogen-bond acceptors (Lipinski definition) is 2. The average Bonchev–Trinajstić information content (AvgIpc) is 2.27. The van der Waals surface area contributed by atoms with E-state index in [1.54, 1.807) is 0 Å². The Balaban J connectivity index is 2.25. The number of rotatable bonds is 3. The van der Waals surface area contributed by atoms with Gasteiger partial charge in [-0.2, -0.15) is 0 Å². The first-order chi connectivity index (χ1) is 7.26. The van der Waals surface area contributed by atoms with Gasteiger partial charge in [0.05, 0.1) is 0 Å². The van der Waals surface area contributed by atoms with Gasteiger partial charge in [-0.1, -0.05) is 6.42 Å². The lowest BCUT2D eigenvalue weighted by atomic mass is 9.82. The van der Waals surface area contributed by atoms with Gasteiger partial charge >= 0.3 is 0 Å². The van der Waals surface area contributed by atoms with Crippen LogP contribution in [-0.2, 0) is 4.79 Å². The smallest absolute Gasteiger partial charge is 0.296 e. The van der Waals surface area contributed by atoms with E-state index in [2.05, 4.69) is 32.0 Å². The van der Waals surface area contributed by atoms with Gasteiger partial charge in [0.15, 0.2) is 0 Å². The number of nitrogens with one attached hydrogen (secondary N) is 1. The minimum atomic E-state index is -0.238. The van der Waals surface area contributed by atoms with Crippen molar-refractivity contribution in [2.45, 2.75) is 25.7 Å². The van der Waals surface area contributed by atoms with Crippen LogP contribution in [0.25, 0.3) is 0 Å². The molecule has 1 saturated carbocycles. The van der Waals surface area contributed by atoms with Gasteiger partial charge in [-0.05, 0) is 35.9 Å². The summed E-state index contributed by atoms with van der Waals surface area (Å²) in [5.74, 6) is 3.06. The number of carbonyl (C=O) groups excluding carboxylic acids is 1. The van der Waals surface area contributed by atoms with Gasteiger partial charge in [0.25, 0.3) is 5.91 Å². The molecule has 0 aromatic carbocycles. The van der Waals surface area contributed by atoms with E-state index in [0.29, 0.717) is 18.4 Å². The molecule has 1 aliphatic rings. The number of carbonyl (C=O) groups is 1.